The van der Waals surface area contributed by atoms with E-state index in [0.29, 0.717) is 22.6 Å². The number of nitrogens with one attached hydrogen (secondary N) is 1. The fraction of sp³-hybridized carbons (Fsp3) is 0.185. The van der Waals surface area contributed by atoms with Crippen LogP contribution in [0, 0.1) is 11.6 Å². The normalized spacial score (nSPS) is 13.2. The van der Waals surface area contributed by atoms with Gasteiger partial charge in [0.1, 0.15) is 21.9 Å². The van der Waals surface area contributed by atoms with Crippen molar-refractivity contribution in [3.8, 4) is 16.9 Å². The van der Waals surface area contributed by atoms with Crippen LogP contribution in [-0.2, 0) is 13.0 Å². The van der Waals surface area contributed by atoms with Crippen molar-refractivity contribution in [1.29, 1.82) is 0 Å². The number of methoxy groups -OCH3 is 1. The number of nitrogens with zero attached hydrogens (tertiary/aromatic N) is 2. The van der Waals surface area contributed by atoms with Crippen molar-refractivity contribution < 1.29 is 18.3 Å². The molecule has 2 aromatic carbocycles. The van der Waals surface area contributed by atoms with Crippen molar-refractivity contribution in [2.24, 2.45) is 0 Å². The monoisotopic (exact) mass is 521 g/mol. The molecule has 3 aromatic heterocycles. The lowest BCUT2D eigenvalue weighted by molar-refractivity contribution is 0.0981. The third-order valence-electron chi connectivity index (χ3n) is 6.68. The zero-order valence-electron chi connectivity index (χ0n) is 19.3. The summed E-state index contributed by atoms with van der Waals surface area (Å²) in [5, 5.41) is 4.70. The number of aromatic nitrogens is 2. The van der Waals surface area contributed by atoms with E-state index in [-0.39, 0.29) is 16.4 Å². The number of ether oxygens (including phenoxy) is 1. The Labute approximate surface area is 214 Å². The van der Waals surface area contributed by atoms with Gasteiger partial charge in [0.25, 0.3) is 5.91 Å². The Kier molecular flexibility index (Phi) is 5.61. The number of rotatable bonds is 4. The van der Waals surface area contributed by atoms with Gasteiger partial charge in [-0.3, -0.25) is 9.20 Å². The number of hydrogen-bond donors (Lipinski definition) is 1. The first-order valence-electron chi connectivity index (χ1n) is 11.6. The molecule has 0 spiro atoms. The molecule has 4 heterocycles. The predicted octanol–water partition coefficient (Wildman–Crippen LogP) is 6.35. The minimum atomic E-state index is -0.893. The Morgan fingerprint density at radius 3 is 2.64 bits per heavy atom. The summed E-state index contributed by atoms with van der Waals surface area (Å²) in [6.45, 7) is 0.556. The molecule has 0 bridgehead atoms. The molecule has 5 nitrogen and oxygen atoms in total. The molecule has 0 saturated carbocycles. The molecule has 6 rings (SSSR count). The highest BCUT2D eigenvalue weighted by molar-refractivity contribution is 7.80. The van der Waals surface area contributed by atoms with Crippen molar-refractivity contribution in [3.05, 3.63) is 81.7 Å². The lowest BCUT2D eigenvalue weighted by Crippen LogP contribution is -2.30. The number of fused-ring (bicyclic) bond motifs is 3. The van der Waals surface area contributed by atoms with Crippen LogP contribution in [0.25, 0.3) is 27.8 Å². The number of carbonyl (C=O) groups excluding carboxylic acids is 1. The summed E-state index contributed by atoms with van der Waals surface area (Å²) >= 11 is 7.15. The highest BCUT2D eigenvalue weighted by Gasteiger charge is 2.31. The number of thiocarbonyl (C=S) groups is 1. The number of imidazole rings is 1. The van der Waals surface area contributed by atoms with Gasteiger partial charge in [-0.15, -0.1) is 11.3 Å². The molecule has 0 saturated heterocycles. The van der Waals surface area contributed by atoms with Crippen LogP contribution >= 0.6 is 23.6 Å². The van der Waals surface area contributed by atoms with E-state index in [1.165, 1.54) is 11.3 Å². The van der Waals surface area contributed by atoms with Crippen LogP contribution in [0.2, 0.25) is 0 Å². The fourth-order valence-corrected chi connectivity index (χ4v) is 6.04. The third kappa shape index (κ3) is 3.45. The zero-order valence-corrected chi connectivity index (χ0v) is 20.9. The lowest BCUT2D eigenvalue weighted by atomic mass is 9.98. The molecule has 0 atom stereocenters. The van der Waals surface area contributed by atoms with E-state index in [2.05, 4.69) is 5.32 Å². The quantitative estimate of drug-likeness (QED) is 0.280. The van der Waals surface area contributed by atoms with Gasteiger partial charge in [-0.1, -0.05) is 30.4 Å². The first kappa shape index (κ1) is 22.9. The molecule has 36 heavy (non-hydrogen) atoms. The fourth-order valence-electron chi connectivity index (χ4n) is 5.14. The summed E-state index contributed by atoms with van der Waals surface area (Å²) in [5.41, 5.74) is 4.86. The molecule has 0 fully saturated rings. The van der Waals surface area contributed by atoms with Crippen LogP contribution in [0.15, 0.2) is 53.9 Å². The molecule has 182 valence electrons. The average molecular weight is 522 g/mol. The summed E-state index contributed by atoms with van der Waals surface area (Å²) in [5.74, 6) is -1.36. The van der Waals surface area contributed by atoms with Gasteiger partial charge in [0.2, 0.25) is 0 Å². The Morgan fingerprint density at radius 1 is 1.11 bits per heavy atom. The molecule has 5 aromatic rings. The molecule has 1 aliphatic rings. The Bertz CT molecular complexity index is 1650. The maximum atomic E-state index is 15.2. The molecule has 1 N–H and O–H groups in total. The van der Waals surface area contributed by atoms with E-state index >= 15 is 4.39 Å². The number of aryl methyl sites for hydroxylation is 2. The predicted molar refractivity (Wildman–Crippen MR) is 141 cm³/mol. The van der Waals surface area contributed by atoms with Gasteiger partial charge in [-0.25, -0.2) is 8.78 Å². The van der Waals surface area contributed by atoms with Crippen molar-refractivity contribution in [1.82, 2.24) is 14.3 Å². The van der Waals surface area contributed by atoms with Gasteiger partial charge in [-0.2, -0.15) is 0 Å². The standard InChI is InChI=1S/C27H21F2N3O2S2/c1-34-16-9-7-15(8-10-16)21-17-5-2-3-13-31-23-19(12-11-18(28)22(23)29)32(27(17)31)24(21)26(35)30-25(33)20-6-4-14-36-20/h4,6-12,14H,2-3,5,13H2,1H3,(H,30,33,35). The Hall–Kier alpha value is -3.56. The van der Waals surface area contributed by atoms with Crippen LogP contribution in [-0.4, -0.2) is 27.0 Å². The van der Waals surface area contributed by atoms with Gasteiger partial charge in [0, 0.05) is 17.7 Å². The number of halogens is 2. The maximum Gasteiger partial charge on any atom is 0.266 e. The van der Waals surface area contributed by atoms with Gasteiger partial charge in [-0.05, 0) is 60.5 Å². The van der Waals surface area contributed by atoms with Crippen molar-refractivity contribution in [3.63, 3.8) is 0 Å². The molecule has 1 amide bonds. The van der Waals surface area contributed by atoms with Crippen LogP contribution < -0.4 is 10.1 Å². The number of thiophene rings is 1. The van der Waals surface area contributed by atoms with E-state index in [0.717, 1.165) is 53.4 Å². The van der Waals surface area contributed by atoms with Crippen LogP contribution in [0.1, 0.15) is 33.8 Å². The molecule has 0 unspecified atom stereocenters. The molecular formula is C27H21F2N3O2S2. The first-order valence-corrected chi connectivity index (χ1v) is 12.9. The van der Waals surface area contributed by atoms with Gasteiger partial charge in [0.15, 0.2) is 11.6 Å². The maximum absolute atomic E-state index is 15.2. The zero-order chi connectivity index (χ0) is 25.0. The Morgan fingerprint density at radius 2 is 1.92 bits per heavy atom. The lowest BCUT2D eigenvalue weighted by Gasteiger charge is -2.12. The van der Waals surface area contributed by atoms with Gasteiger partial charge >= 0.3 is 0 Å². The van der Waals surface area contributed by atoms with Crippen LogP contribution in [0.4, 0.5) is 8.78 Å². The summed E-state index contributed by atoms with van der Waals surface area (Å²) in [6, 6.07) is 13.9. The summed E-state index contributed by atoms with van der Waals surface area (Å²) in [7, 11) is 1.61. The van der Waals surface area contributed by atoms with E-state index in [1.807, 2.05) is 38.6 Å². The number of hydrogen-bond acceptors (Lipinski definition) is 4. The summed E-state index contributed by atoms with van der Waals surface area (Å²) in [6.07, 6.45) is 2.46. The van der Waals surface area contributed by atoms with E-state index in [1.54, 1.807) is 25.3 Å². The highest BCUT2D eigenvalue weighted by Crippen LogP contribution is 2.41. The first-order chi connectivity index (χ1) is 17.5. The topological polar surface area (TPSA) is 47.7 Å². The van der Waals surface area contributed by atoms with E-state index in [9.17, 15) is 9.18 Å². The van der Waals surface area contributed by atoms with Crippen LogP contribution in [0.5, 0.6) is 5.75 Å². The number of carbonyl (C=O) groups is 1. The summed E-state index contributed by atoms with van der Waals surface area (Å²) in [4.78, 5) is 13.7. The van der Waals surface area contributed by atoms with Crippen molar-refractivity contribution in [2.45, 2.75) is 25.8 Å². The van der Waals surface area contributed by atoms with Crippen molar-refractivity contribution >= 4 is 51.1 Å². The highest BCUT2D eigenvalue weighted by atomic mass is 32.1. The molecule has 1 aliphatic heterocycles. The SMILES string of the molecule is COc1ccc(-c2c3c4n(c5c(F)c(F)ccc5n4c2C(=S)NC(=O)c2cccs2)CCCC3)cc1. The second-order valence-corrected chi connectivity index (χ2v) is 10.0. The molecule has 0 aliphatic carbocycles. The minimum Gasteiger partial charge on any atom is -0.497 e. The second-order valence-electron chi connectivity index (χ2n) is 8.69. The van der Waals surface area contributed by atoms with Crippen LogP contribution in [0.3, 0.4) is 0 Å². The van der Waals surface area contributed by atoms with E-state index < -0.39 is 11.6 Å². The average Bonchev–Trinajstić information content (AvgIpc) is 3.56. The molecule has 0 radical (unpaired) electrons. The second kappa shape index (κ2) is 8.83. The van der Waals surface area contributed by atoms with E-state index in [4.69, 9.17) is 17.0 Å². The molecular weight excluding hydrogens is 500 g/mol. The third-order valence-corrected chi connectivity index (χ3v) is 7.85. The van der Waals surface area contributed by atoms with Crippen molar-refractivity contribution in [2.75, 3.05) is 7.11 Å². The summed E-state index contributed by atoms with van der Waals surface area (Å²) < 4.78 is 38.6. The van der Waals surface area contributed by atoms with Gasteiger partial charge < -0.3 is 14.6 Å². The Balaban J connectivity index is 1.67. The van der Waals surface area contributed by atoms with Gasteiger partial charge in [0.05, 0.1) is 23.2 Å². The molecule has 9 heteroatoms. The number of amides is 1. The smallest absolute Gasteiger partial charge is 0.266 e. The number of benzene rings is 2. The largest absolute Gasteiger partial charge is 0.497 e. The minimum absolute atomic E-state index is 0.211.